The number of hydrogen-bond acceptors (Lipinski definition) is 3. The monoisotopic (exact) mass is 204 g/mol. The average molecular weight is 204 g/mol. The molecule has 0 amide bonds. The Balaban J connectivity index is 1.83. The largest absolute Gasteiger partial charge is 0.356 e. The number of para-hydroxylation sites is 1. The minimum absolute atomic E-state index is 0.224. The number of rotatable bonds is 1. The van der Waals surface area contributed by atoms with Crippen LogP contribution in [0.3, 0.4) is 0 Å². The van der Waals surface area contributed by atoms with Gasteiger partial charge in [0.1, 0.15) is 6.23 Å². The molecule has 3 rings (SSSR count). The molecule has 3 heteroatoms. The summed E-state index contributed by atoms with van der Waals surface area (Å²) in [5.41, 5.74) is 2.80. The van der Waals surface area contributed by atoms with Gasteiger partial charge < -0.3 is 15.0 Å². The van der Waals surface area contributed by atoms with Gasteiger partial charge in [-0.1, -0.05) is 18.2 Å². The van der Waals surface area contributed by atoms with E-state index in [1.54, 1.807) is 0 Å². The summed E-state index contributed by atoms with van der Waals surface area (Å²) in [6.45, 7) is 3.83. The second kappa shape index (κ2) is 3.83. The van der Waals surface area contributed by atoms with Crippen molar-refractivity contribution in [3.8, 4) is 0 Å². The van der Waals surface area contributed by atoms with Gasteiger partial charge in [-0.15, -0.1) is 0 Å². The van der Waals surface area contributed by atoms with Gasteiger partial charge in [-0.2, -0.15) is 0 Å². The predicted molar refractivity (Wildman–Crippen MR) is 60.1 cm³/mol. The molecule has 1 aromatic rings. The number of fused-ring (bicyclic) bond motifs is 1. The molecule has 1 N–H and O–H groups in total. The Kier molecular flexibility index (Phi) is 2.35. The first-order chi connectivity index (χ1) is 7.45. The van der Waals surface area contributed by atoms with Crippen molar-refractivity contribution in [2.75, 3.05) is 31.1 Å². The van der Waals surface area contributed by atoms with Crippen molar-refractivity contribution in [1.29, 1.82) is 0 Å². The molecule has 2 heterocycles. The lowest BCUT2D eigenvalue weighted by atomic mass is 10.2. The van der Waals surface area contributed by atoms with Crippen LogP contribution in [0.4, 0.5) is 5.69 Å². The van der Waals surface area contributed by atoms with Crippen LogP contribution >= 0.6 is 0 Å². The topological polar surface area (TPSA) is 24.5 Å². The molecule has 3 nitrogen and oxygen atoms in total. The van der Waals surface area contributed by atoms with Gasteiger partial charge in [-0.05, 0) is 18.1 Å². The Labute approximate surface area is 90.0 Å². The average Bonchev–Trinajstić information content (AvgIpc) is 2.74. The van der Waals surface area contributed by atoms with E-state index in [0.29, 0.717) is 0 Å². The van der Waals surface area contributed by atoms with E-state index in [0.717, 1.165) is 32.7 Å². The molecule has 0 radical (unpaired) electrons. The summed E-state index contributed by atoms with van der Waals surface area (Å²) in [5.74, 6) is 0. The second-order valence-electron chi connectivity index (χ2n) is 4.10. The zero-order valence-electron chi connectivity index (χ0n) is 8.78. The van der Waals surface area contributed by atoms with Crippen molar-refractivity contribution < 1.29 is 4.74 Å². The van der Waals surface area contributed by atoms with Gasteiger partial charge >= 0.3 is 0 Å². The fourth-order valence-electron chi connectivity index (χ4n) is 2.41. The van der Waals surface area contributed by atoms with E-state index >= 15 is 0 Å². The molecule has 2 aliphatic heterocycles. The SMILES string of the molecule is c1ccc2c(c1)CCN2C1CNCCO1. The molecular formula is C12H16N2O. The van der Waals surface area contributed by atoms with Crippen LogP contribution in [0.15, 0.2) is 24.3 Å². The van der Waals surface area contributed by atoms with E-state index in [-0.39, 0.29) is 6.23 Å². The molecule has 0 saturated carbocycles. The number of nitrogens with zero attached hydrogens (tertiary/aromatic N) is 1. The van der Waals surface area contributed by atoms with Gasteiger partial charge in [-0.3, -0.25) is 0 Å². The Hall–Kier alpha value is -1.06. The highest BCUT2D eigenvalue weighted by molar-refractivity contribution is 5.58. The van der Waals surface area contributed by atoms with Crippen LogP contribution < -0.4 is 10.2 Å². The first-order valence-electron chi connectivity index (χ1n) is 5.62. The van der Waals surface area contributed by atoms with Crippen LogP contribution in [0.25, 0.3) is 0 Å². The molecule has 0 bridgehead atoms. The first kappa shape index (κ1) is 9.19. The standard InChI is InChI=1S/C12H16N2O/c1-2-4-11-10(3-1)5-7-14(11)12-9-13-6-8-15-12/h1-4,12-13H,5-9H2. The molecule has 1 fully saturated rings. The van der Waals surface area contributed by atoms with Gasteiger partial charge in [0.15, 0.2) is 0 Å². The van der Waals surface area contributed by atoms with Crippen LogP contribution in [0.2, 0.25) is 0 Å². The summed E-state index contributed by atoms with van der Waals surface area (Å²) in [6, 6.07) is 8.63. The van der Waals surface area contributed by atoms with E-state index in [9.17, 15) is 0 Å². The van der Waals surface area contributed by atoms with E-state index in [1.165, 1.54) is 11.3 Å². The smallest absolute Gasteiger partial charge is 0.142 e. The maximum atomic E-state index is 5.78. The lowest BCUT2D eigenvalue weighted by molar-refractivity contribution is 0.0278. The molecule has 1 unspecified atom stereocenters. The van der Waals surface area contributed by atoms with Crippen molar-refractivity contribution in [2.24, 2.45) is 0 Å². The molecule has 2 aliphatic rings. The summed E-state index contributed by atoms with van der Waals surface area (Å²) in [4.78, 5) is 2.38. The zero-order chi connectivity index (χ0) is 10.1. The van der Waals surface area contributed by atoms with Gasteiger partial charge in [-0.25, -0.2) is 0 Å². The number of benzene rings is 1. The fourth-order valence-corrected chi connectivity index (χ4v) is 2.41. The Bertz CT molecular complexity index is 347. The highest BCUT2D eigenvalue weighted by atomic mass is 16.5. The van der Waals surface area contributed by atoms with Gasteiger partial charge in [0.05, 0.1) is 6.61 Å². The molecule has 1 aromatic carbocycles. The Morgan fingerprint density at radius 3 is 3.13 bits per heavy atom. The zero-order valence-corrected chi connectivity index (χ0v) is 8.78. The third-order valence-electron chi connectivity index (χ3n) is 3.18. The highest BCUT2D eigenvalue weighted by Crippen LogP contribution is 2.29. The van der Waals surface area contributed by atoms with Crippen molar-refractivity contribution in [3.05, 3.63) is 29.8 Å². The lowest BCUT2D eigenvalue weighted by Gasteiger charge is -2.33. The lowest BCUT2D eigenvalue weighted by Crippen LogP contribution is -2.48. The number of ether oxygens (including phenoxy) is 1. The van der Waals surface area contributed by atoms with E-state index < -0.39 is 0 Å². The maximum absolute atomic E-state index is 5.78. The Morgan fingerprint density at radius 2 is 2.27 bits per heavy atom. The summed E-state index contributed by atoms with van der Waals surface area (Å²) in [5, 5.41) is 3.38. The molecule has 80 valence electrons. The molecule has 0 aromatic heterocycles. The van der Waals surface area contributed by atoms with Crippen molar-refractivity contribution >= 4 is 5.69 Å². The molecule has 1 atom stereocenters. The van der Waals surface area contributed by atoms with Crippen molar-refractivity contribution in [3.63, 3.8) is 0 Å². The van der Waals surface area contributed by atoms with E-state index in [4.69, 9.17) is 4.74 Å². The van der Waals surface area contributed by atoms with E-state index in [1.807, 2.05) is 0 Å². The van der Waals surface area contributed by atoms with Gasteiger partial charge in [0.2, 0.25) is 0 Å². The highest BCUT2D eigenvalue weighted by Gasteiger charge is 2.27. The van der Waals surface area contributed by atoms with Crippen LogP contribution in [-0.2, 0) is 11.2 Å². The summed E-state index contributed by atoms with van der Waals surface area (Å²) >= 11 is 0. The van der Waals surface area contributed by atoms with Gasteiger partial charge in [0.25, 0.3) is 0 Å². The normalized spacial score (nSPS) is 25.3. The van der Waals surface area contributed by atoms with Crippen molar-refractivity contribution in [2.45, 2.75) is 12.6 Å². The summed E-state index contributed by atoms with van der Waals surface area (Å²) in [6.07, 6.45) is 1.37. The number of nitrogens with one attached hydrogen (secondary N) is 1. The summed E-state index contributed by atoms with van der Waals surface area (Å²) in [7, 11) is 0. The van der Waals surface area contributed by atoms with Crippen LogP contribution in [-0.4, -0.2) is 32.5 Å². The first-order valence-corrected chi connectivity index (χ1v) is 5.62. The number of morpholine rings is 1. The van der Waals surface area contributed by atoms with Crippen molar-refractivity contribution in [1.82, 2.24) is 5.32 Å². The third-order valence-corrected chi connectivity index (χ3v) is 3.18. The predicted octanol–water partition coefficient (Wildman–Crippen LogP) is 0.995. The second-order valence-corrected chi connectivity index (χ2v) is 4.10. The number of hydrogen-bond donors (Lipinski definition) is 1. The van der Waals surface area contributed by atoms with Gasteiger partial charge in [0, 0.05) is 25.3 Å². The molecular weight excluding hydrogens is 188 g/mol. The van der Waals surface area contributed by atoms with Crippen LogP contribution in [0.1, 0.15) is 5.56 Å². The molecule has 15 heavy (non-hydrogen) atoms. The van der Waals surface area contributed by atoms with Crippen LogP contribution in [0.5, 0.6) is 0 Å². The quantitative estimate of drug-likeness (QED) is 0.738. The van der Waals surface area contributed by atoms with Crippen LogP contribution in [0, 0.1) is 0 Å². The fraction of sp³-hybridized carbons (Fsp3) is 0.500. The third kappa shape index (κ3) is 1.62. The molecule has 0 aliphatic carbocycles. The molecule has 1 saturated heterocycles. The van der Waals surface area contributed by atoms with E-state index in [2.05, 4.69) is 34.5 Å². The number of anilines is 1. The summed E-state index contributed by atoms with van der Waals surface area (Å²) < 4.78 is 5.78. The minimum atomic E-state index is 0.224. The Morgan fingerprint density at radius 1 is 1.33 bits per heavy atom. The minimum Gasteiger partial charge on any atom is -0.356 e. The molecule has 0 spiro atoms. The maximum Gasteiger partial charge on any atom is 0.142 e.